The van der Waals surface area contributed by atoms with E-state index in [0.717, 1.165) is 37.0 Å². The molecule has 1 aliphatic rings. The van der Waals surface area contributed by atoms with Gasteiger partial charge < -0.3 is 20.4 Å². The fourth-order valence-corrected chi connectivity index (χ4v) is 3.48. The van der Waals surface area contributed by atoms with Gasteiger partial charge in [-0.1, -0.05) is 32.1 Å². The molecule has 146 valence electrons. The van der Waals surface area contributed by atoms with Crippen molar-refractivity contribution >= 4 is 11.9 Å². The number of carbonyl (C=O) groups excluding carboxylic acids is 1. The summed E-state index contributed by atoms with van der Waals surface area (Å²) in [5.74, 6) is 2.01. The molecular weight excluding hydrogens is 328 g/mol. The Balaban J connectivity index is 1.50. The minimum Gasteiger partial charge on any atom is -0.459 e. The third-order valence-corrected chi connectivity index (χ3v) is 5.03. The smallest absolute Gasteiger partial charge is 0.287 e. The molecule has 1 fully saturated rings. The number of aliphatic imine (C=N–C) groups is 1. The number of guanidine groups is 1. The van der Waals surface area contributed by atoms with Crippen LogP contribution in [0.5, 0.6) is 0 Å². The second-order valence-corrected chi connectivity index (χ2v) is 7.11. The predicted octanol–water partition coefficient (Wildman–Crippen LogP) is 3.23. The summed E-state index contributed by atoms with van der Waals surface area (Å²) < 4.78 is 5.18. The van der Waals surface area contributed by atoms with Crippen LogP contribution in [0.3, 0.4) is 0 Å². The SMILES string of the molecule is CN=C(NCCCNC(=O)c1occc1C)NCCCC1CCCCC1. The lowest BCUT2D eigenvalue weighted by Gasteiger charge is -2.21. The highest BCUT2D eigenvalue weighted by molar-refractivity contribution is 5.92. The topological polar surface area (TPSA) is 78.7 Å². The molecule has 0 radical (unpaired) electrons. The van der Waals surface area contributed by atoms with Crippen LogP contribution in [0.15, 0.2) is 21.7 Å². The van der Waals surface area contributed by atoms with Gasteiger partial charge >= 0.3 is 0 Å². The van der Waals surface area contributed by atoms with E-state index in [1.165, 1.54) is 51.2 Å². The zero-order chi connectivity index (χ0) is 18.6. The Morgan fingerprint density at radius 3 is 2.46 bits per heavy atom. The summed E-state index contributed by atoms with van der Waals surface area (Å²) in [5, 5.41) is 9.54. The van der Waals surface area contributed by atoms with Gasteiger partial charge in [-0.15, -0.1) is 0 Å². The Kier molecular flexibility index (Phi) is 9.07. The number of rotatable bonds is 9. The maximum atomic E-state index is 11.9. The van der Waals surface area contributed by atoms with E-state index in [-0.39, 0.29) is 5.91 Å². The lowest BCUT2D eigenvalue weighted by atomic mass is 9.86. The van der Waals surface area contributed by atoms with Gasteiger partial charge in [0, 0.05) is 32.2 Å². The molecule has 6 nitrogen and oxygen atoms in total. The first kappa shape index (κ1) is 20.3. The molecule has 0 aliphatic heterocycles. The number of carbonyl (C=O) groups is 1. The Morgan fingerprint density at radius 1 is 1.12 bits per heavy atom. The summed E-state index contributed by atoms with van der Waals surface area (Å²) >= 11 is 0. The average Bonchev–Trinajstić information content (AvgIpc) is 3.10. The molecule has 1 saturated carbocycles. The van der Waals surface area contributed by atoms with Crippen molar-refractivity contribution in [2.24, 2.45) is 10.9 Å². The zero-order valence-corrected chi connectivity index (χ0v) is 16.3. The van der Waals surface area contributed by atoms with Crippen LogP contribution in [0.1, 0.15) is 67.5 Å². The quantitative estimate of drug-likeness (QED) is 0.358. The molecule has 1 heterocycles. The van der Waals surface area contributed by atoms with Crippen molar-refractivity contribution in [1.82, 2.24) is 16.0 Å². The van der Waals surface area contributed by atoms with E-state index in [0.29, 0.717) is 12.3 Å². The Labute approximate surface area is 157 Å². The second-order valence-electron chi connectivity index (χ2n) is 7.11. The number of nitrogens with one attached hydrogen (secondary N) is 3. The van der Waals surface area contributed by atoms with E-state index in [4.69, 9.17) is 4.42 Å². The Bertz CT molecular complexity index is 562. The standard InChI is InChI=1S/C20H34N4O2/c1-16-11-15-26-18(16)19(25)22-13-7-14-24-20(21-2)23-12-6-10-17-8-4-3-5-9-17/h11,15,17H,3-10,12-14H2,1-2H3,(H,22,25)(H2,21,23,24). The molecule has 26 heavy (non-hydrogen) atoms. The third-order valence-electron chi connectivity index (χ3n) is 5.03. The molecule has 1 aromatic heterocycles. The summed E-state index contributed by atoms with van der Waals surface area (Å²) in [6.45, 7) is 4.19. The van der Waals surface area contributed by atoms with Gasteiger partial charge in [-0.2, -0.15) is 0 Å². The molecule has 1 aliphatic carbocycles. The van der Waals surface area contributed by atoms with Gasteiger partial charge in [0.15, 0.2) is 11.7 Å². The second kappa shape index (κ2) is 11.6. The van der Waals surface area contributed by atoms with Gasteiger partial charge in [0.05, 0.1) is 6.26 Å². The van der Waals surface area contributed by atoms with Gasteiger partial charge in [0.2, 0.25) is 0 Å². The maximum absolute atomic E-state index is 11.9. The van der Waals surface area contributed by atoms with Gasteiger partial charge in [-0.25, -0.2) is 0 Å². The normalized spacial score (nSPS) is 15.7. The van der Waals surface area contributed by atoms with Crippen molar-refractivity contribution in [3.05, 3.63) is 23.7 Å². The van der Waals surface area contributed by atoms with Crippen molar-refractivity contribution in [3.63, 3.8) is 0 Å². The molecule has 0 aromatic carbocycles. The van der Waals surface area contributed by atoms with Crippen molar-refractivity contribution in [2.45, 2.75) is 58.3 Å². The molecule has 0 unspecified atom stereocenters. The number of furan rings is 1. The zero-order valence-electron chi connectivity index (χ0n) is 16.3. The number of nitrogens with zero attached hydrogens (tertiary/aromatic N) is 1. The van der Waals surface area contributed by atoms with E-state index in [1.54, 1.807) is 13.1 Å². The molecule has 0 saturated heterocycles. The van der Waals surface area contributed by atoms with Crippen LogP contribution in [0, 0.1) is 12.8 Å². The number of amides is 1. The summed E-state index contributed by atoms with van der Waals surface area (Å²) in [6.07, 6.45) is 12.0. The summed E-state index contributed by atoms with van der Waals surface area (Å²) in [5.41, 5.74) is 0.860. The van der Waals surface area contributed by atoms with Crippen LogP contribution >= 0.6 is 0 Å². The van der Waals surface area contributed by atoms with Crippen LogP contribution in [-0.4, -0.2) is 38.5 Å². The predicted molar refractivity (Wildman–Crippen MR) is 106 cm³/mol. The first-order chi connectivity index (χ1) is 12.7. The average molecular weight is 363 g/mol. The van der Waals surface area contributed by atoms with Gasteiger partial charge in [0.1, 0.15) is 0 Å². The van der Waals surface area contributed by atoms with E-state index in [9.17, 15) is 4.79 Å². The maximum Gasteiger partial charge on any atom is 0.287 e. The molecule has 1 aromatic rings. The van der Waals surface area contributed by atoms with Gasteiger partial charge in [0.25, 0.3) is 5.91 Å². The molecular formula is C20H34N4O2. The number of hydrogen-bond acceptors (Lipinski definition) is 3. The largest absolute Gasteiger partial charge is 0.459 e. The molecule has 0 spiro atoms. The number of hydrogen-bond donors (Lipinski definition) is 3. The first-order valence-electron chi connectivity index (χ1n) is 9.97. The minimum absolute atomic E-state index is 0.155. The van der Waals surface area contributed by atoms with Gasteiger partial charge in [-0.05, 0) is 38.2 Å². The van der Waals surface area contributed by atoms with E-state index in [2.05, 4.69) is 20.9 Å². The van der Waals surface area contributed by atoms with Crippen LogP contribution in [0.4, 0.5) is 0 Å². The molecule has 1 amide bonds. The fraction of sp³-hybridized carbons (Fsp3) is 0.700. The number of aryl methyl sites for hydroxylation is 1. The first-order valence-corrected chi connectivity index (χ1v) is 9.97. The lowest BCUT2D eigenvalue weighted by molar-refractivity contribution is 0.0925. The molecule has 0 bridgehead atoms. The summed E-state index contributed by atoms with van der Waals surface area (Å²) in [7, 11) is 1.79. The van der Waals surface area contributed by atoms with E-state index < -0.39 is 0 Å². The minimum atomic E-state index is -0.155. The monoisotopic (exact) mass is 362 g/mol. The van der Waals surface area contributed by atoms with Gasteiger partial charge in [-0.3, -0.25) is 9.79 Å². The Morgan fingerprint density at radius 2 is 1.81 bits per heavy atom. The van der Waals surface area contributed by atoms with Crippen LogP contribution in [-0.2, 0) is 0 Å². The van der Waals surface area contributed by atoms with Crippen molar-refractivity contribution < 1.29 is 9.21 Å². The molecule has 6 heteroatoms. The highest BCUT2D eigenvalue weighted by atomic mass is 16.3. The fourth-order valence-electron chi connectivity index (χ4n) is 3.48. The molecule has 0 atom stereocenters. The van der Waals surface area contributed by atoms with Crippen molar-refractivity contribution in [1.29, 1.82) is 0 Å². The summed E-state index contributed by atoms with van der Waals surface area (Å²) in [6, 6.07) is 1.79. The molecule has 2 rings (SSSR count). The van der Waals surface area contributed by atoms with Crippen LogP contribution in [0.2, 0.25) is 0 Å². The highest BCUT2D eigenvalue weighted by Crippen LogP contribution is 2.26. The Hall–Kier alpha value is -1.98. The lowest BCUT2D eigenvalue weighted by Crippen LogP contribution is -2.39. The van der Waals surface area contributed by atoms with Crippen molar-refractivity contribution in [2.75, 3.05) is 26.7 Å². The van der Waals surface area contributed by atoms with Crippen LogP contribution < -0.4 is 16.0 Å². The third kappa shape index (κ3) is 7.10. The molecule has 3 N–H and O–H groups in total. The van der Waals surface area contributed by atoms with Crippen molar-refractivity contribution in [3.8, 4) is 0 Å². The summed E-state index contributed by atoms with van der Waals surface area (Å²) in [4.78, 5) is 16.2. The highest BCUT2D eigenvalue weighted by Gasteiger charge is 2.13. The van der Waals surface area contributed by atoms with E-state index in [1.807, 2.05) is 6.92 Å². The van der Waals surface area contributed by atoms with Crippen LogP contribution in [0.25, 0.3) is 0 Å². The van der Waals surface area contributed by atoms with E-state index >= 15 is 0 Å².